The third-order valence-corrected chi connectivity index (χ3v) is 3.75. The second-order valence-electron chi connectivity index (χ2n) is 4.05. The van der Waals surface area contributed by atoms with Crippen molar-refractivity contribution >= 4 is 11.8 Å². The summed E-state index contributed by atoms with van der Waals surface area (Å²) in [5.41, 5.74) is 1.40. The van der Waals surface area contributed by atoms with Crippen LogP contribution < -0.4 is 14.2 Å². The molecule has 0 spiro atoms. The highest BCUT2D eigenvalue weighted by molar-refractivity contribution is 7.99. The summed E-state index contributed by atoms with van der Waals surface area (Å²) in [6, 6.07) is 3.66. The van der Waals surface area contributed by atoms with E-state index in [0.717, 1.165) is 10.6 Å². The van der Waals surface area contributed by atoms with Crippen LogP contribution in [0.5, 0.6) is 17.2 Å². The fraction of sp³-hybridized carbons (Fsp3) is 0.231. The van der Waals surface area contributed by atoms with Crippen LogP contribution in [-0.4, -0.2) is 29.1 Å². The summed E-state index contributed by atoms with van der Waals surface area (Å²) in [5.74, 6) is 2.74. The topological polar surface area (TPSA) is 53.5 Å². The van der Waals surface area contributed by atoms with E-state index in [0.29, 0.717) is 42.0 Å². The zero-order chi connectivity index (χ0) is 12.7. The van der Waals surface area contributed by atoms with E-state index in [-0.39, 0.29) is 0 Å². The van der Waals surface area contributed by atoms with Crippen LogP contribution in [-0.2, 0) is 0 Å². The van der Waals surface area contributed by atoms with Gasteiger partial charge < -0.3 is 14.2 Å². The number of fused-ring (bicyclic) bond motifs is 2. The van der Waals surface area contributed by atoms with Gasteiger partial charge in [0.15, 0.2) is 17.2 Å². The molecule has 1 radical (unpaired) electrons. The summed E-state index contributed by atoms with van der Waals surface area (Å²) in [4.78, 5) is 9.65. The van der Waals surface area contributed by atoms with E-state index >= 15 is 0 Å². The molecule has 0 unspecified atom stereocenters. The van der Waals surface area contributed by atoms with E-state index in [1.807, 2.05) is 12.1 Å². The van der Waals surface area contributed by atoms with Gasteiger partial charge in [0.2, 0.25) is 0 Å². The smallest absolute Gasteiger partial charge is 0.179 e. The van der Waals surface area contributed by atoms with Gasteiger partial charge in [-0.15, -0.1) is 0 Å². The van der Waals surface area contributed by atoms with E-state index < -0.39 is 0 Å². The Bertz CT molecular complexity index is 648. The summed E-state index contributed by atoms with van der Waals surface area (Å²) < 4.78 is 16.6. The van der Waals surface area contributed by atoms with Crippen LogP contribution in [0.15, 0.2) is 23.2 Å². The molecular weight excluding hydrogens is 264 g/mol. The number of ether oxygens (including phenoxy) is 3. The lowest BCUT2D eigenvalue weighted by atomic mass is 10.2. The lowest BCUT2D eigenvalue weighted by molar-refractivity contribution is 0.171. The number of pyridine rings is 2. The molecule has 0 N–H and O–H groups in total. The maximum atomic E-state index is 5.60. The Hall–Kier alpha value is -1.95. The average molecular weight is 273 g/mol. The van der Waals surface area contributed by atoms with Crippen LogP contribution in [0.25, 0.3) is 11.4 Å². The van der Waals surface area contributed by atoms with Gasteiger partial charge in [0.05, 0.1) is 23.0 Å². The zero-order valence-corrected chi connectivity index (χ0v) is 10.7. The van der Waals surface area contributed by atoms with Crippen LogP contribution >= 0.6 is 11.8 Å². The molecule has 0 aromatic carbocycles. The van der Waals surface area contributed by atoms with Crippen molar-refractivity contribution in [3.63, 3.8) is 0 Å². The molecular formula is C13H9N2O3S. The lowest BCUT2D eigenvalue weighted by Gasteiger charge is -2.18. The third-order valence-electron chi connectivity index (χ3n) is 2.90. The van der Waals surface area contributed by atoms with Crippen molar-refractivity contribution < 1.29 is 14.2 Å². The van der Waals surface area contributed by atoms with Gasteiger partial charge in [-0.2, -0.15) is 0 Å². The Kier molecular flexibility index (Phi) is 2.48. The molecule has 0 bridgehead atoms. The Morgan fingerprint density at radius 3 is 3.00 bits per heavy atom. The quantitative estimate of drug-likeness (QED) is 0.793. The van der Waals surface area contributed by atoms with E-state index in [1.54, 1.807) is 18.0 Å². The lowest BCUT2D eigenvalue weighted by Crippen LogP contribution is -2.15. The summed E-state index contributed by atoms with van der Waals surface area (Å²) in [6.07, 6.45) is 4.54. The van der Waals surface area contributed by atoms with Crippen molar-refractivity contribution in [2.24, 2.45) is 0 Å². The molecule has 5 nitrogen and oxygen atoms in total. The molecule has 4 heterocycles. The second kappa shape index (κ2) is 4.31. The molecule has 0 atom stereocenters. The molecule has 4 rings (SSSR count). The van der Waals surface area contributed by atoms with Gasteiger partial charge in [0.1, 0.15) is 24.8 Å². The zero-order valence-electron chi connectivity index (χ0n) is 9.88. The van der Waals surface area contributed by atoms with Gasteiger partial charge in [-0.05, 0) is 6.07 Å². The predicted octanol–water partition coefficient (Wildman–Crippen LogP) is 2.16. The highest BCUT2D eigenvalue weighted by atomic mass is 32.2. The van der Waals surface area contributed by atoms with E-state index in [2.05, 4.69) is 16.2 Å². The Balaban J connectivity index is 1.83. The monoisotopic (exact) mass is 273 g/mol. The average Bonchev–Trinajstić information content (AvgIpc) is 2.95. The number of hydrogen-bond donors (Lipinski definition) is 0. The Morgan fingerprint density at radius 2 is 2.05 bits per heavy atom. The van der Waals surface area contributed by atoms with E-state index in [4.69, 9.17) is 14.2 Å². The molecule has 0 fully saturated rings. The van der Waals surface area contributed by atoms with Crippen molar-refractivity contribution in [1.82, 2.24) is 9.97 Å². The van der Waals surface area contributed by atoms with Gasteiger partial charge in [0.25, 0.3) is 0 Å². The molecule has 2 aromatic heterocycles. The van der Waals surface area contributed by atoms with Crippen LogP contribution in [0.2, 0.25) is 0 Å². The summed E-state index contributed by atoms with van der Waals surface area (Å²) >= 11 is 1.63. The van der Waals surface area contributed by atoms with Crippen LogP contribution in [0.3, 0.4) is 0 Å². The number of aromatic nitrogens is 2. The molecule has 0 saturated carbocycles. The fourth-order valence-corrected chi connectivity index (χ4v) is 2.77. The Morgan fingerprint density at radius 1 is 1.16 bits per heavy atom. The molecule has 2 aliphatic rings. The van der Waals surface area contributed by atoms with Crippen molar-refractivity contribution in [3.8, 4) is 28.6 Å². The maximum Gasteiger partial charge on any atom is 0.179 e. The second-order valence-corrected chi connectivity index (χ2v) is 5.01. The number of rotatable bonds is 1. The minimum Gasteiger partial charge on any atom is -0.486 e. The van der Waals surface area contributed by atoms with Gasteiger partial charge in [-0.3, -0.25) is 4.98 Å². The van der Waals surface area contributed by atoms with Crippen molar-refractivity contribution in [1.29, 1.82) is 0 Å². The van der Waals surface area contributed by atoms with Crippen molar-refractivity contribution in [2.75, 3.05) is 19.2 Å². The molecule has 2 aromatic rings. The molecule has 0 saturated heterocycles. The van der Waals surface area contributed by atoms with Gasteiger partial charge in [0, 0.05) is 6.07 Å². The third kappa shape index (κ3) is 1.79. The number of nitrogens with zero attached hydrogens (tertiary/aromatic N) is 2. The minimum atomic E-state index is 0.551. The number of thioether (sulfide) groups is 1. The molecule has 95 valence electrons. The van der Waals surface area contributed by atoms with Crippen molar-refractivity contribution in [2.45, 2.75) is 4.90 Å². The first kappa shape index (κ1) is 10.9. The van der Waals surface area contributed by atoms with Gasteiger partial charge in [-0.1, -0.05) is 11.8 Å². The normalized spacial score (nSPS) is 15.8. The largest absolute Gasteiger partial charge is 0.486 e. The van der Waals surface area contributed by atoms with Crippen LogP contribution in [0.1, 0.15) is 0 Å². The molecule has 0 amide bonds. The molecule has 6 heteroatoms. The standard InChI is InChI=1S/C13H9N2O3S/c1-2-14-12(13-11(1)19-7-18-13)8-5-9-10(6-15-8)17-4-3-16-9/h1,5-6H,3-4,7H2. The first-order valence-corrected chi connectivity index (χ1v) is 6.83. The highest BCUT2D eigenvalue weighted by Crippen LogP contribution is 2.42. The van der Waals surface area contributed by atoms with Crippen LogP contribution in [0, 0.1) is 6.20 Å². The number of hydrogen-bond acceptors (Lipinski definition) is 6. The summed E-state index contributed by atoms with van der Waals surface area (Å²) in [5, 5.41) is 0. The summed E-state index contributed by atoms with van der Waals surface area (Å²) in [6.45, 7) is 1.11. The molecule has 19 heavy (non-hydrogen) atoms. The maximum absolute atomic E-state index is 5.60. The Labute approximate surface area is 113 Å². The molecule has 2 aliphatic heterocycles. The first-order valence-electron chi connectivity index (χ1n) is 5.84. The van der Waals surface area contributed by atoms with E-state index in [9.17, 15) is 0 Å². The van der Waals surface area contributed by atoms with Crippen molar-refractivity contribution in [3.05, 3.63) is 24.5 Å². The van der Waals surface area contributed by atoms with E-state index in [1.165, 1.54) is 0 Å². The predicted molar refractivity (Wildman–Crippen MR) is 68.6 cm³/mol. The van der Waals surface area contributed by atoms with Gasteiger partial charge in [-0.25, -0.2) is 4.98 Å². The first-order chi connectivity index (χ1) is 9.42. The SMILES string of the molecule is [c]1cc2c(c(-c3cc4c(cn3)OCCO4)n1)OCS2. The highest BCUT2D eigenvalue weighted by Gasteiger charge is 2.22. The minimum absolute atomic E-state index is 0.551. The molecule has 0 aliphatic carbocycles. The van der Waals surface area contributed by atoms with Gasteiger partial charge >= 0.3 is 0 Å². The summed E-state index contributed by atoms with van der Waals surface area (Å²) in [7, 11) is 0. The van der Waals surface area contributed by atoms with Crippen LogP contribution in [0.4, 0.5) is 0 Å². The fourth-order valence-electron chi connectivity index (χ4n) is 2.04.